The van der Waals surface area contributed by atoms with Crippen molar-refractivity contribution in [2.24, 2.45) is 5.92 Å². The van der Waals surface area contributed by atoms with E-state index in [2.05, 4.69) is 5.32 Å². The highest BCUT2D eigenvalue weighted by Crippen LogP contribution is 2.26. The van der Waals surface area contributed by atoms with E-state index < -0.39 is 5.97 Å². The molecule has 0 radical (unpaired) electrons. The first-order valence-corrected chi connectivity index (χ1v) is 7.46. The third-order valence-electron chi connectivity index (χ3n) is 3.16. The van der Waals surface area contributed by atoms with Gasteiger partial charge in [0.1, 0.15) is 5.82 Å². The lowest BCUT2D eigenvalue weighted by atomic mass is 10.1. The van der Waals surface area contributed by atoms with Gasteiger partial charge in [0, 0.05) is 17.7 Å². The van der Waals surface area contributed by atoms with Crippen molar-refractivity contribution in [3.8, 4) is 0 Å². The highest BCUT2D eigenvalue weighted by atomic mass is 32.1. The Kier molecular flexibility index (Phi) is 4.90. The van der Waals surface area contributed by atoms with E-state index in [1.54, 1.807) is 12.1 Å². The molecule has 0 fully saturated rings. The van der Waals surface area contributed by atoms with Gasteiger partial charge in [0.15, 0.2) is 0 Å². The van der Waals surface area contributed by atoms with Crippen LogP contribution in [-0.4, -0.2) is 23.5 Å². The van der Waals surface area contributed by atoms with Crippen LogP contribution in [0.1, 0.15) is 29.4 Å². The number of amides is 1. The smallest absolute Gasteiger partial charge is 0.303 e. The second-order valence-corrected chi connectivity index (χ2v) is 6.12. The Balaban J connectivity index is 1.94. The number of hydrogen-bond acceptors (Lipinski definition) is 3. The van der Waals surface area contributed by atoms with E-state index in [-0.39, 0.29) is 24.1 Å². The van der Waals surface area contributed by atoms with Crippen molar-refractivity contribution in [1.29, 1.82) is 0 Å². The molecule has 4 nitrogen and oxygen atoms in total. The summed E-state index contributed by atoms with van der Waals surface area (Å²) in [5.74, 6) is -1.27. The van der Waals surface area contributed by atoms with Gasteiger partial charge in [0.05, 0.1) is 4.88 Å². The maximum absolute atomic E-state index is 13.1. The number of thiophene rings is 1. The number of aliphatic carboxylic acids is 1. The number of carboxylic acids is 1. The lowest BCUT2D eigenvalue weighted by molar-refractivity contribution is -0.137. The number of nitrogens with one attached hydrogen (secondary N) is 1. The summed E-state index contributed by atoms with van der Waals surface area (Å²) >= 11 is 1.31. The third-order valence-corrected chi connectivity index (χ3v) is 4.28. The number of carbonyl (C=O) groups excluding carboxylic acids is 1. The Morgan fingerprint density at radius 2 is 2.14 bits per heavy atom. The van der Waals surface area contributed by atoms with Crippen LogP contribution in [0.2, 0.25) is 0 Å². The van der Waals surface area contributed by atoms with Crippen molar-refractivity contribution < 1.29 is 19.1 Å². The zero-order valence-electron chi connectivity index (χ0n) is 11.6. The van der Waals surface area contributed by atoms with Crippen molar-refractivity contribution in [2.45, 2.75) is 19.8 Å². The lowest BCUT2D eigenvalue weighted by Gasteiger charge is -2.10. The third kappa shape index (κ3) is 4.26. The average molecular weight is 309 g/mol. The van der Waals surface area contributed by atoms with E-state index >= 15 is 0 Å². The Morgan fingerprint density at radius 3 is 2.86 bits per heavy atom. The molecule has 0 bridgehead atoms. The zero-order valence-corrected chi connectivity index (χ0v) is 12.4. The minimum atomic E-state index is -0.834. The van der Waals surface area contributed by atoms with Gasteiger partial charge < -0.3 is 10.4 Å². The summed E-state index contributed by atoms with van der Waals surface area (Å²) in [6, 6.07) is 6.09. The Labute approximate surface area is 125 Å². The predicted octanol–water partition coefficient (Wildman–Crippen LogP) is 3.27. The van der Waals surface area contributed by atoms with Gasteiger partial charge in [-0.25, -0.2) is 4.39 Å². The average Bonchev–Trinajstić information content (AvgIpc) is 2.85. The number of carbonyl (C=O) groups is 2. The van der Waals surface area contributed by atoms with Gasteiger partial charge in [-0.05, 0) is 42.0 Å². The first-order chi connectivity index (χ1) is 9.95. The molecule has 0 aliphatic carbocycles. The molecule has 0 aliphatic heterocycles. The molecule has 1 amide bonds. The molecule has 1 heterocycles. The number of hydrogen-bond donors (Lipinski definition) is 2. The minimum Gasteiger partial charge on any atom is -0.481 e. The maximum Gasteiger partial charge on any atom is 0.303 e. The molecule has 6 heteroatoms. The molecule has 112 valence electrons. The van der Waals surface area contributed by atoms with Crippen LogP contribution in [0.5, 0.6) is 0 Å². The van der Waals surface area contributed by atoms with Crippen molar-refractivity contribution in [3.05, 3.63) is 35.0 Å². The molecule has 0 saturated heterocycles. The molecule has 2 rings (SSSR count). The fourth-order valence-electron chi connectivity index (χ4n) is 1.95. The van der Waals surface area contributed by atoms with Crippen molar-refractivity contribution >= 4 is 33.3 Å². The molecule has 1 unspecified atom stereocenters. The van der Waals surface area contributed by atoms with Crippen LogP contribution in [0.4, 0.5) is 4.39 Å². The largest absolute Gasteiger partial charge is 0.481 e. The second kappa shape index (κ2) is 6.67. The van der Waals surface area contributed by atoms with Gasteiger partial charge in [-0.15, -0.1) is 11.3 Å². The first kappa shape index (κ1) is 15.4. The summed E-state index contributed by atoms with van der Waals surface area (Å²) in [7, 11) is 0. The van der Waals surface area contributed by atoms with Gasteiger partial charge in [0.25, 0.3) is 5.91 Å². The van der Waals surface area contributed by atoms with Crippen LogP contribution in [0, 0.1) is 11.7 Å². The summed E-state index contributed by atoms with van der Waals surface area (Å²) in [5, 5.41) is 12.1. The number of fused-ring (bicyclic) bond motifs is 1. The molecule has 0 spiro atoms. The molecule has 2 N–H and O–H groups in total. The molecule has 0 aliphatic rings. The summed E-state index contributed by atoms with van der Waals surface area (Å²) in [4.78, 5) is 23.0. The van der Waals surface area contributed by atoms with Crippen LogP contribution >= 0.6 is 11.3 Å². The second-order valence-electron chi connectivity index (χ2n) is 5.04. The fraction of sp³-hybridized carbons (Fsp3) is 0.333. The van der Waals surface area contributed by atoms with E-state index in [1.165, 1.54) is 23.5 Å². The normalized spacial score (nSPS) is 12.3. The maximum atomic E-state index is 13.1. The predicted molar refractivity (Wildman–Crippen MR) is 80.2 cm³/mol. The van der Waals surface area contributed by atoms with Crippen LogP contribution in [0.15, 0.2) is 24.3 Å². The number of halogens is 1. The standard InChI is InChI=1S/C15H16FNO3S/c1-9(2-5-14(18)19)8-17-15(20)13-7-10-6-11(16)3-4-12(10)21-13/h3-4,6-7,9H,2,5,8H2,1H3,(H,17,20)(H,18,19). The number of benzene rings is 1. The lowest BCUT2D eigenvalue weighted by Crippen LogP contribution is -2.27. The van der Waals surface area contributed by atoms with Crippen molar-refractivity contribution in [1.82, 2.24) is 5.32 Å². The van der Waals surface area contributed by atoms with E-state index in [4.69, 9.17) is 5.11 Å². The Morgan fingerprint density at radius 1 is 1.38 bits per heavy atom. The van der Waals surface area contributed by atoms with Crippen LogP contribution in [-0.2, 0) is 4.79 Å². The van der Waals surface area contributed by atoms with Crippen LogP contribution in [0.3, 0.4) is 0 Å². The van der Waals surface area contributed by atoms with Crippen LogP contribution in [0.25, 0.3) is 10.1 Å². The number of rotatable bonds is 6. The molecular formula is C15H16FNO3S. The van der Waals surface area contributed by atoms with Crippen molar-refractivity contribution in [3.63, 3.8) is 0 Å². The van der Waals surface area contributed by atoms with Gasteiger partial charge in [-0.3, -0.25) is 9.59 Å². The SMILES string of the molecule is CC(CCC(=O)O)CNC(=O)c1cc2cc(F)ccc2s1. The van der Waals surface area contributed by atoms with Gasteiger partial charge >= 0.3 is 5.97 Å². The molecule has 21 heavy (non-hydrogen) atoms. The summed E-state index contributed by atoms with van der Waals surface area (Å²) < 4.78 is 14.0. The highest BCUT2D eigenvalue weighted by molar-refractivity contribution is 7.20. The summed E-state index contributed by atoms with van der Waals surface area (Å²) in [6.07, 6.45) is 0.618. The molecule has 2 aromatic rings. The fourth-order valence-corrected chi connectivity index (χ4v) is 2.91. The Hall–Kier alpha value is -1.95. The monoisotopic (exact) mass is 309 g/mol. The van der Waals surface area contributed by atoms with Gasteiger partial charge in [-0.2, -0.15) is 0 Å². The highest BCUT2D eigenvalue weighted by Gasteiger charge is 2.12. The van der Waals surface area contributed by atoms with E-state index in [0.29, 0.717) is 23.2 Å². The minimum absolute atomic E-state index is 0.0943. The molecule has 1 aromatic carbocycles. The summed E-state index contributed by atoms with van der Waals surface area (Å²) in [5.41, 5.74) is 0. The zero-order chi connectivity index (χ0) is 15.4. The van der Waals surface area contributed by atoms with E-state index in [1.807, 2.05) is 6.92 Å². The topological polar surface area (TPSA) is 66.4 Å². The molecular weight excluding hydrogens is 293 g/mol. The number of carboxylic acid groups (broad SMARTS) is 1. The summed E-state index contributed by atoms with van der Waals surface area (Å²) in [6.45, 7) is 2.32. The molecule has 0 saturated carbocycles. The first-order valence-electron chi connectivity index (χ1n) is 6.65. The Bertz CT molecular complexity index is 668. The van der Waals surface area contributed by atoms with Crippen LogP contribution < -0.4 is 5.32 Å². The molecule has 1 aromatic heterocycles. The molecule has 1 atom stereocenters. The quantitative estimate of drug-likeness (QED) is 0.860. The van der Waals surface area contributed by atoms with Gasteiger partial charge in [-0.1, -0.05) is 6.92 Å². The van der Waals surface area contributed by atoms with E-state index in [0.717, 1.165) is 4.70 Å². The van der Waals surface area contributed by atoms with Crippen molar-refractivity contribution in [2.75, 3.05) is 6.54 Å². The van der Waals surface area contributed by atoms with Gasteiger partial charge in [0.2, 0.25) is 0 Å². The van der Waals surface area contributed by atoms with E-state index in [9.17, 15) is 14.0 Å².